The first-order valence-corrected chi connectivity index (χ1v) is 47.5. The summed E-state index contributed by atoms with van der Waals surface area (Å²) in [6.07, 6.45) is -53.1. The van der Waals surface area contributed by atoms with Crippen molar-refractivity contribution in [3.63, 3.8) is 0 Å². The minimum atomic E-state index is -5.19. The quantitative estimate of drug-likeness (QED) is 0.0948. The molecular weight excluding hydrogens is 1940 g/mol. The standard InChI is InChI=1S/C9H17F3.C9H20.C8H12F6.4C8H15F3.6C7H13F3/c1-6(2)8(4,5)7(3)9(10,11)12;1-7(2)8(3)9(4,5)6;1-3-5(2)4-6(7(9,10)11)8(12,13)14;2*1-6(2,3)7(4,5)8(9,10)11;2*1-5(2)6(3)7(4)8(9,10)11;1-5(2)6(3,4)7(8,9)10;1-4-6(2,3)5-7(8,9)10;1-4-5-6(2,3)7(8,9)10;2*1-4-5(2)6(3)7(8,9)10;1-3-6(4-2)5-7(8,9)10/h6-7H,1-5H3;7-8H,1-6H3;5-6H,3-4H2,1-2H3;2*1-5H3;2*5-7H,1-4H3;5H,1-4H3;2*4-5H2,1-3H3;2*5-6H,4H2,1-3H3;6H,3-5H2,1-2H3/t;8-;5-;;;2*6-,7?;;;;5?,6-;5-,6?;/m.11..11...10./s1. The molecule has 0 fully saturated rings. The number of hydrogen-bond donors (Lipinski definition) is 0. The van der Waals surface area contributed by atoms with E-state index in [1.54, 1.807) is 159 Å². The fourth-order valence-corrected chi connectivity index (χ4v) is 9.56. The smallest absolute Gasteiger partial charge is 0.171 e. The highest BCUT2D eigenvalue weighted by Gasteiger charge is 2.58. The Morgan fingerprint density at radius 3 is 0.583 bits per heavy atom. The second-order valence-electron chi connectivity index (χ2n) is 45.4. The highest BCUT2D eigenvalue weighted by Crippen LogP contribution is 2.53. The second kappa shape index (κ2) is 64.6. The topological polar surface area (TPSA) is 0 Å². The summed E-state index contributed by atoms with van der Waals surface area (Å²) in [7, 11) is 0. The predicted molar refractivity (Wildman–Crippen MR) is 492 cm³/mol. The summed E-state index contributed by atoms with van der Waals surface area (Å²) in [5, 5.41) is 0. The summed E-state index contributed by atoms with van der Waals surface area (Å²) in [5.41, 5.74) is -8.62. The molecule has 0 aromatic rings. The van der Waals surface area contributed by atoms with E-state index in [-0.39, 0.29) is 59.7 Å². The van der Waals surface area contributed by atoms with E-state index < -0.39 is 184 Å². The summed E-state index contributed by atoms with van der Waals surface area (Å²) >= 11 is 0. The maximum absolute atomic E-state index is 12.3. The minimum absolute atomic E-state index is 0.0362. The third-order valence-electron chi connectivity index (χ3n) is 28.6. The van der Waals surface area contributed by atoms with Crippen LogP contribution in [0.25, 0.3) is 0 Å². The first-order chi connectivity index (χ1) is 59.6. The van der Waals surface area contributed by atoms with Crippen LogP contribution in [-0.2, 0) is 0 Å². The molecule has 0 amide bonds. The Morgan fingerprint density at radius 1 is 0.252 bits per heavy atom. The van der Waals surface area contributed by atoms with Crippen molar-refractivity contribution >= 4 is 0 Å². The third-order valence-corrected chi connectivity index (χ3v) is 28.6. The molecule has 0 bridgehead atoms. The van der Waals surface area contributed by atoms with Gasteiger partial charge in [0, 0.05) is 12.8 Å². The summed E-state index contributed by atoms with van der Waals surface area (Å²) in [5.74, 6) is -9.56. The van der Waals surface area contributed by atoms with Crippen molar-refractivity contribution in [2.45, 2.75) is 490 Å². The Labute approximate surface area is 813 Å². The zero-order valence-corrected chi connectivity index (χ0v) is 92.9. The van der Waals surface area contributed by atoms with Gasteiger partial charge in [-0.1, -0.05) is 384 Å². The van der Waals surface area contributed by atoms with E-state index in [1.807, 2.05) is 41.5 Å². The van der Waals surface area contributed by atoms with Gasteiger partial charge in [-0.05, 0) is 111 Å². The molecule has 0 nitrogen and oxygen atoms in total. The molecule has 39 heteroatoms. The van der Waals surface area contributed by atoms with E-state index in [0.717, 1.165) is 11.8 Å². The molecule has 5 unspecified atom stereocenters. The molecule has 0 aliphatic rings. The molecule has 0 saturated carbocycles. The highest BCUT2D eigenvalue weighted by molar-refractivity contribution is 4.90. The minimum Gasteiger partial charge on any atom is -0.171 e. The largest absolute Gasteiger partial charge is 0.400 e. The lowest BCUT2D eigenvalue weighted by atomic mass is 9.69. The van der Waals surface area contributed by atoms with E-state index >= 15 is 0 Å². The molecule has 0 rings (SSSR count). The highest BCUT2D eigenvalue weighted by atomic mass is 19.5. The second-order valence-corrected chi connectivity index (χ2v) is 45.4. The molecule has 0 heterocycles. The maximum atomic E-state index is 12.3. The van der Waals surface area contributed by atoms with Crippen LogP contribution in [0.3, 0.4) is 0 Å². The third kappa shape index (κ3) is 76.5. The molecule has 139 heavy (non-hydrogen) atoms. The van der Waals surface area contributed by atoms with Gasteiger partial charge in [-0.25, -0.2) is 0 Å². The van der Waals surface area contributed by atoms with Crippen molar-refractivity contribution < 1.29 is 171 Å². The lowest BCUT2D eigenvalue weighted by molar-refractivity contribution is -0.288. The van der Waals surface area contributed by atoms with Crippen LogP contribution < -0.4 is 0 Å². The summed E-state index contributed by atoms with van der Waals surface area (Å²) in [6.45, 7) is 80.2. The van der Waals surface area contributed by atoms with Gasteiger partial charge in [0.05, 0.1) is 51.2 Å². The summed E-state index contributed by atoms with van der Waals surface area (Å²) < 4.78 is 469. The summed E-state index contributed by atoms with van der Waals surface area (Å²) in [6, 6.07) is 0. The fraction of sp³-hybridized carbons (Fsp3) is 1.00. The van der Waals surface area contributed by atoms with Gasteiger partial charge in [0.15, 0.2) is 5.92 Å². The molecule has 0 radical (unpaired) electrons. The number of halogens is 39. The maximum Gasteiger partial charge on any atom is 0.400 e. The van der Waals surface area contributed by atoms with Gasteiger partial charge in [0.25, 0.3) is 0 Å². The number of alkyl halides is 39. The van der Waals surface area contributed by atoms with E-state index in [1.165, 1.54) is 96.9 Å². The van der Waals surface area contributed by atoms with Gasteiger partial charge in [-0.2, -0.15) is 171 Å². The van der Waals surface area contributed by atoms with Gasteiger partial charge in [0.2, 0.25) is 0 Å². The summed E-state index contributed by atoms with van der Waals surface area (Å²) in [4.78, 5) is 0. The van der Waals surface area contributed by atoms with Gasteiger partial charge < -0.3 is 0 Å². The molecule has 0 aromatic heterocycles. The van der Waals surface area contributed by atoms with Crippen LogP contribution >= 0.6 is 0 Å². The monoisotopic (exact) mass is 2130 g/mol. The van der Waals surface area contributed by atoms with E-state index in [0.29, 0.717) is 50.4 Å². The van der Waals surface area contributed by atoms with Gasteiger partial charge in [-0.3, -0.25) is 0 Å². The molecular formula is C100H187F39. The van der Waals surface area contributed by atoms with Crippen LogP contribution in [-0.4, -0.2) is 80.3 Å². The van der Waals surface area contributed by atoms with Crippen LogP contribution in [0.5, 0.6) is 0 Å². The zero-order chi connectivity index (χ0) is 117. The normalized spacial score (nSPS) is 16.1. The molecule has 0 aromatic carbocycles. The Hall–Kier alpha value is -2.73. The zero-order valence-electron chi connectivity index (χ0n) is 92.9. The first-order valence-electron chi connectivity index (χ1n) is 47.5. The van der Waals surface area contributed by atoms with Crippen molar-refractivity contribution in [2.75, 3.05) is 0 Å². The molecule has 860 valence electrons. The van der Waals surface area contributed by atoms with Gasteiger partial charge in [0.1, 0.15) is 0 Å². The molecule has 0 aliphatic heterocycles. The Balaban J connectivity index is -0.000000113. The Bertz CT molecular complexity index is 2790. The lowest BCUT2D eigenvalue weighted by Crippen LogP contribution is -2.43. The lowest BCUT2D eigenvalue weighted by Gasteiger charge is -2.40. The first kappa shape index (κ1) is 164. The van der Waals surface area contributed by atoms with E-state index in [2.05, 4.69) is 41.5 Å². The molecule has 0 saturated heterocycles. The molecule has 0 spiro atoms. The van der Waals surface area contributed by atoms with Crippen LogP contribution in [0.2, 0.25) is 0 Å². The average molecular weight is 2130 g/mol. The van der Waals surface area contributed by atoms with Gasteiger partial charge in [-0.15, -0.1) is 0 Å². The van der Waals surface area contributed by atoms with Crippen molar-refractivity contribution in [2.24, 2.45) is 155 Å². The van der Waals surface area contributed by atoms with Crippen molar-refractivity contribution in [1.82, 2.24) is 0 Å². The van der Waals surface area contributed by atoms with Crippen LogP contribution in [0.1, 0.15) is 410 Å². The van der Waals surface area contributed by atoms with Crippen molar-refractivity contribution in [3.05, 3.63) is 0 Å². The van der Waals surface area contributed by atoms with E-state index in [4.69, 9.17) is 0 Å². The molecule has 0 N–H and O–H groups in total. The van der Waals surface area contributed by atoms with Gasteiger partial charge >= 0.3 is 80.3 Å². The van der Waals surface area contributed by atoms with Crippen LogP contribution in [0.4, 0.5) is 171 Å². The SMILES string of the molecule is CC(C)(C)C(C)(C)C(F)(F)F.CC(C)(C)C(C)(C)C(F)(F)F.CC(C)C(C)(C)C(C)C(F)(F)F.CC(C)C(C)(C)C(F)(F)F.CC(C)[C@@H](C)C(C)(C)C.CC(C)[C@@H](C)C(C)C(F)(F)F.CC(C)[C@@H](C)C(C)C(F)(F)F.CCC(C)(C)CC(F)(F)F.CCC(C)[C@@H](C)C(F)(F)F.CCC(CC)CC(F)(F)F.CCCC(C)(C)C(F)(F)F.CC[C@@H](C)CC(C(F)(F)F)C(F)(F)F.CC[C@H](C)C(C)C(F)(F)F. The van der Waals surface area contributed by atoms with Crippen molar-refractivity contribution in [1.29, 1.82) is 0 Å². The Kier molecular flexibility index (Phi) is 76.3. The Morgan fingerprint density at radius 2 is 0.518 bits per heavy atom. The van der Waals surface area contributed by atoms with Crippen LogP contribution in [0, 0.1) is 155 Å². The van der Waals surface area contributed by atoms with E-state index in [9.17, 15) is 171 Å². The van der Waals surface area contributed by atoms with Crippen molar-refractivity contribution in [3.8, 4) is 0 Å². The average Bonchev–Trinajstić information content (AvgIpc) is 0.789. The molecule has 0 aliphatic carbocycles. The van der Waals surface area contributed by atoms with Crippen LogP contribution in [0.15, 0.2) is 0 Å². The number of rotatable bonds is 22. The number of hydrogen-bond acceptors (Lipinski definition) is 0. The molecule has 11 atom stereocenters. The fourth-order valence-electron chi connectivity index (χ4n) is 9.56. The predicted octanol–water partition coefficient (Wildman–Crippen LogP) is 45.4.